The van der Waals surface area contributed by atoms with Crippen molar-refractivity contribution >= 4 is 34.7 Å². The molecular weight excluding hydrogens is 356 g/mol. The maximum Gasteiger partial charge on any atom is 0.136 e. The fourth-order valence-corrected chi connectivity index (χ4v) is 4.03. The molecule has 3 rings (SSSR count). The second-order valence-electron chi connectivity index (χ2n) is 4.86. The Morgan fingerprint density at radius 1 is 1.13 bits per heavy atom. The molecule has 2 aromatic carbocycles. The molecule has 0 fully saturated rings. The Bertz CT molecular complexity index is 820. The second-order valence-corrected chi connectivity index (χ2v) is 7.23. The maximum atomic E-state index is 13.6. The van der Waals surface area contributed by atoms with Crippen molar-refractivity contribution in [2.75, 3.05) is 0 Å². The van der Waals surface area contributed by atoms with Crippen LogP contribution in [0.2, 0.25) is 5.02 Å². The fraction of sp³-hybridized carbons (Fsp3) is 0.118. The third-order valence-electron chi connectivity index (χ3n) is 3.17. The predicted molar refractivity (Wildman–Crippen MR) is 92.3 cm³/mol. The summed E-state index contributed by atoms with van der Waals surface area (Å²) in [7, 11) is 0. The Morgan fingerprint density at radius 3 is 2.74 bits per heavy atom. The zero-order valence-electron chi connectivity index (χ0n) is 11.9. The van der Waals surface area contributed by atoms with Gasteiger partial charge in [0.25, 0.3) is 0 Å². The lowest BCUT2D eigenvalue weighted by molar-refractivity contribution is 0.602. The van der Waals surface area contributed by atoms with Gasteiger partial charge in [-0.2, -0.15) is 0 Å². The Kier molecular flexibility index (Phi) is 5.30. The fourth-order valence-electron chi connectivity index (χ4n) is 2.04. The molecule has 3 aromatic rings. The lowest BCUT2D eigenvalue weighted by Gasteiger charge is -2.02. The number of rotatable bonds is 5. The summed E-state index contributed by atoms with van der Waals surface area (Å²) in [4.78, 5) is 5.15. The van der Waals surface area contributed by atoms with Gasteiger partial charge >= 0.3 is 0 Å². The van der Waals surface area contributed by atoms with E-state index in [1.807, 2.05) is 11.4 Å². The normalized spacial score (nSPS) is 10.9. The van der Waals surface area contributed by atoms with E-state index in [4.69, 9.17) is 11.6 Å². The Hall–Kier alpha value is -1.43. The number of thiazole rings is 1. The third-order valence-corrected chi connectivity index (χ3v) is 5.50. The van der Waals surface area contributed by atoms with Gasteiger partial charge in [0.1, 0.15) is 11.6 Å². The van der Waals surface area contributed by atoms with Crippen molar-refractivity contribution in [1.82, 2.24) is 4.98 Å². The molecule has 118 valence electrons. The SMILES string of the molecule is Fc1ccc(Cc2nc(CSc3ccccc3F)cs2)c(Cl)c1. The molecule has 1 heterocycles. The summed E-state index contributed by atoms with van der Waals surface area (Å²) in [6, 6.07) is 11.1. The summed E-state index contributed by atoms with van der Waals surface area (Å²) in [6.07, 6.45) is 0.564. The highest BCUT2D eigenvalue weighted by molar-refractivity contribution is 7.98. The van der Waals surface area contributed by atoms with E-state index in [0.717, 1.165) is 16.3 Å². The lowest BCUT2D eigenvalue weighted by Crippen LogP contribution is -1.91. The number of benzene rings is 2. The number of nitrogens with zero attached hydrogens (tertiary/aromatic N) is 1. The smallest absolute Gasteiger partial charge is 0.136 e. The molecule has 0 unspecified atom stereocenters. The van der Waals surface area contributed by atoms with Gasteiger partial charge < -0.3 is 0 Å². The molecule has 1 nitrogen and oxygen atoms in total. The van der Waals surface area contributed by atoms with Crippen molar-refractivity contribution in [2.45, 2.75) is 17.1 Å². The molecule has 0 N–H and O–H groups in total. The third kappa shape index (κ3) is 4.31. The summed E-state index contributed by atoms with van der Waals surface area (Å²) in [5, 5.41) is 3.27. The molecule has 0 aliphatic carbocycles. The van der Waals surface area contributed by atoms with Crippen molar-refractivity contribution in [3.63, 3.8) is 0 Å². The van der Waals surface area contributed by atoms with E-state index >= 15 is 0 Å². The van der Waals surface area contributed by atoms with Gasteiger partial charge in [-0.1, -0.05) is 29.8 Å². The minimum absolute atomic E-state index is 0.217. The van der Waals surface area contributed by atoms with E-state index in [1.165, 1.54) is 41.3 Å². The molecule has 6 heteroatoms. The molecule has 1 aromatic heterocycles. The van der Waals surface area contributed by atoms with Crippen LogP contribution < -0.4 is 0 Å². The highest BCUT2D eigenvalue weighted by Crippen LogP contribution is 2.27. The van der Waals surface area contributed by atoms with E-state index < -0.39 is 0 Å². The molecule has 0 spiro atoms. The number of hydrogen-bond acceptors (Lipinski definition) is 3. The summed E-state index contributed by atoms with van der Waals surface area (Å²) in [6.45, 7) is 0. The van der Waals surface area contributed by atoms with Crippen LogP contribution in [0.1, 0.15) is 16.3 Å². The average Bonchev–Trinajstić information content (AvgIpc) is 2.97. The van der Waals surface area contributed by atoms with Crippen LogP contribution in [0.4, 0.5) is 8.78 Å². The first kappa shape index (κ1) is 16.4. The monoisotopic (exact) mass is 367 g/mol. The van der Waals surface area contributed by atoms with Gasteiger partial charge in [-0.05, 0) is 29.8 Å². The van der Waals surface area contributed by atoms with Gasteiger partial charge in [0.2, 0.25) is 0 Å². The van der Waals surface area contributed by atoms with Crippen molar-refractivity contribution < 1.29 is 8.78 Å². The maximum absolute atomic E-state index is 13.6. The largest absolute Gasteiger partial charge is 0.245 e. The summed E-state index contributed by atoms with van der Waals surface area (Å²) in [5.74, 6) is 0.0418. The van der Waals surface area contributed by atoms with E-state index in [9.17, 15) is 8.78 Å². The highest BCUT2D eigenvalue weighted by Gasteiger charge is 2.08. The Balaban J connectivity index is 1.65. The van der Waals surface area contributed by atoms with Crippen LogP contribution >= 0.6 is 34.7 Å². The summed E-state index contributed by atoms with van der Waals surface area (Å²) >= 11 is 8.98. The van der Waals surface area contributed by atoms with Gasteiger partial charge in [0.05, 0.1) is 10.7 Å². The first-order valence-corrected chi connectivity index (χ1v) is 9.10. The first-order valence-electron chi connectivity index (χ1n) is 6.86. The molecule has 0 amide bonds. The van der Waals surface area contributed by atoms with E-state index in [1.54, 1.807) is 18.2 Å². The van der Waals surface area contributed by atoms with Crippen LogP contribution in [0.5, 0.6) is 0 Å². The Morgan fingerprint density at radius 2 is 1.96 bits per heavy atom. The minimum atomic E-state index is -0.347. The number of hydrogen-bond donors (Lipinski definition) is 0. The lowest BCUT2D eigenvalue weighted by atomic mass is 10.1. The van der Waals surface area contributed by atoms with Gasteiger partial charge in [-0.3, -0.25) is 0 Å². The summed E-state index contributed by atoms with van der Waals surface area (Å²) in [5.41, 5.74) is 1.74. The molecule has 0 radical (unpaired) electrons. The van der Waals surface area contributed by atoms with Gasteiger partial charge in [0.15, 0.2) is 0 Å². The standard InChI is InChI=1S/C17H12ClF2NS2/c18-14-8-12(19)6-5-11(14)7-17-21-13(10-23-17)9-22-16-4-2-1-3-15(16)20/h1-6,8,10H,7,9H2. The highest BCUT2D eigenvalue weighted by atomic mass is 35.5. The van der Waals surface area contributed by atoms with Crippen LogP contribution in [-0.4, -0.2) is 4.98 Å². The van der Waals surface area contributed by atoms with Crippen molar-refractivity contribution in [2.24, 2.45) is 0 Å². The van der Waals surface area contributed by atoms with Crippen molar-refractivity contribution in [1.29, 1.82) is 0 Å². The average molecular weight is 368 g/mol. The summed E-state index contributed by atoms with van der Waals surface area (Å²) < 4.78 is 26.6. The van der Waals surface area contributed by atoms with Crippen LogP contribution in [0.25, 0.3) is 0 Å². The van der Waals surface area contributed by atoms with E-state index in [0.29, 0.717) is 22.1 Å². The van der Waals surface area contributed by atoms with E-state index in [2.05, 4.69) is 4.98 Å². The topological polar surface area (TPSA) is 12.9 Å². The van der Waals surface area contributed by atoms with Gasteiger partial charge in [-0.25, -0.2) is 13.8 Å². The van der Waals surface area contributed by atoms with Crippen molar-refractivity contribution in [3.8, 4) is 0 Å². The van der Waals surface area contributed by atoms with E-state index in [-0.39, 0.29) is 11.6 Å². The van der Waals surface area contributed by atoms with Crippen LogP contribution in [-0.2, 0) is 12.2 Å². The number of aromatic nitrogens is 1. The predicted octanol–water partition coefficient (Wildman–Crippen LogP) is 5.96. The van der Waals surface area contributed by atoms with Crippen LogP contribution in [0.3, 0.4) is 0 Å². The van der Waals surface area contributed by atoms with Crippen LogP contribution in [0.15, 0.2) is 52.7 Å². The molecule has 0 aliphatic rings. The Labute approximate surface area is 146 Å². The molecule has 0 aliphatic heterocycles. The molecule has 23 heavy (non-hydrogen) atoms. The van der Waals surface area contributed by atoms with Gasteiger partial charge in [0, 0.05) is 27.5 Å². The molecule has 0 bridgehead atoms. The van der Waals surface area contributed by atoms with Gasteiger partial charge in [-0.15, -0.1) is 23.1 Å². The number of halogens is 3. The quantitative estimate of drug-likeness (QED) is 0.516. The molecular formula is C17H12ClF2NS2. The zero-order chi connectivity index (χ0) is 16.2. The second kappa shape index (κ2) is 7.43. The zero-order valence-corrected chi connectivity index (χ0v) is 14.3. The molecule has 0 saturated heterocycles. The molecule has 0 saturated carbocycles. The molecule has 0 atom stereocenters. The minimum Gasteiger partial charge on any atom is -0.245 e. The first-order chi connectivity index (χ1) is 11.1. The number of thioether (sulfide) groups is 1. The van der Waals surface area contributed by atoms with Crippen molar-refractivity contribution in [3.05, 3.63) is 80.8 Å². The van der Waals surface area contributed by atoms with Crippen LogP contribution in [0, 0.1) is 11.6 Å².